The normalized spacial score (nSPS) is 11.2. The minimum absolute atomic E-state index is 0.109. The largest absolute Gasteiger partial charge is 0.502 e. The monoisotopic (exact) mass is 288 g/mol. The Balaban J connectivity index is 2.91. The summed E-state index contributed by atoms with van der Waals surface area (Å²) in [6, 6.07) is 4.24. The van der Waals surface area contributed by atoms with Gasteiger partial charge in [0.1, 0.15) is 0 Å². The average Bonchev–Trinajstić information content (AvgIpc) is 2.32. The van der Waals surface area contributed by atoms with Gasteiger partial charge in [-0.2, -0.15) is 0 Å². The number of aliphatic hydroxyl groups is 1. The summed E-state index contributed by atoms with van der Waals surface area (Å²) in [6.07, 6.45) is 0.775. The fourth-order valence-electron chi connectivity index (χ4n) is 1.12. The van der Waals surface area contributed by atoms with Crippen molar-refractivity contribution in [2.75, 3.05) is 6.61 Å². The molecule has 0 aliphatic carbocycles. The first-order valence-corrected chi connectivity index (χ1v) is 5.78. The number of aliphatic hydroxyl groups excluding tert-OH is 1. The predicted molar refractivity (Wildman–Crippen MR) is 68.1 cm³/mol. The number of hydrogen-bond acceptors (Lipinski definition) is 4. The van der Waals surface area contributed by atoms with Gasteiger partial charge in [0, 0.05) is 11.6 Å². The molecule has 0 bridgehead atoms. The molecule has 1 aromatic rings. The van der Waals surface area contributed by atoms with Gasteiger partial charge in [0.25, 0.3) is 0 Å². The Morgan fingerprint density at radius 2 is 2.00 bits per heavy atom. The van der Waals surface area contributed by atoms with Gasteiger partial charge in [-0.3, -0.25) is 4.79 Å². The molecule has 0 aliphatic rings. The molecule has 0 unspecified atom stereocenters. The molecule has 0 saturated carbocycles. The van der Waals surface area contributed by atoms with E-state index in [-0.39, 0.29) is 17.2 Å². The molecule has 1 N–H and O–H groups in total. The van der Waals surface area contributed by atoms with E-state index >= 15 is 0 Å². The van der Waals surface area contributed by atoms with Crippen LogP contribution in [-0.2, 0) is 9.53 Å². The number of halogens is 2. The Morgan fingerprint density at radius 1 is 1.33 bits per heavy atom. The Morgan fingerprint density at radius 3 is 2.56 bits per heavy atom. The van der Waals surface area contributed by atoms with Crippen LogP contribution in [0.5, 0.6) is 0 Å². The number of carbonyl (C=O) groups is 2. The second-order valence-electron chi connectivity index (χ2n) is 3.24. The summed E-state index contributed by atoms with van der Waals surface area (Å²) in [5.74, 6) is -2.28. The van der Waals surface area contributed by atoms with Crippen molar-refractivity contribution in [1.29, 1.82) is 0 Å². The van der Waals surface area contributed by atoms with Crippen molar-refractivity contribution >= 4 is 35.0 Å². The van der Waals surface area contributed by atoms with E-state index in [9.17, 15) is 14.7 Å². The van der Waals surface area contributed by atoms with Crippen LogP contribution >= 0.6 is 23.2 Å². The lowest BCUT2D eigenvalue weighted by Crippen LogP contribution is -2.09. The van der Waals surface area contributed by atoms with Crippen molar-refractivity contribution in [3.8, 4) is 0 Å². The summed E-state index contributed by atoms with van der Waals surface area (Å²) < 4.78 is 4.53. The highest BCUT2D eigenvalue weighted by atomic mass is 35.5. The van der Waals surface area contributed by atoms with Crippen LogP contribution in [0, 0.1) is 0 Å². The Kier molecular flexibility index (Phi) is 5.19. The molecule has 0 spiro atoms. The van der Waals surface area contributed by atoms with Crippen molar-refractivity contribution in [2.45, 2.75) is 6.92 Å². The van der Waals surface area contributed by atoms with Crippen molar-refractivity contribution in [2.24, 2.45) is 0 Å². The maximum absolute atomic E-state index is 11.7. The molecular weight excluding hydrogens is 279 g/mol. The molecule has 1 rings (SSSR count). The number of esters is 1. The van der Waals surface area contributed by atoms with E-state index in [4.69, 9.17) is 23.2 Å². The summed E-state index contributed by atoms with van der Waals surface area (Å²) in [7, 11) is 0. The molecule has 4 nitrogen and oxygen atoms in total. The molecule has 0 aromatic heterocycles. The van der Waals surface area contributed by atoms with Gasteiger partial charge in [0.05, 0.1) is 16.7 Å². The van der Waals surface area contributed by atoms with Crippen LogP contribution in [0.1, 0.15) is 17.3 Å². The molecule has 0 aliphatic heterocycles. The minimum Gasteiger partial charge on any atom is -0.502 e. The molecule has 6 heteroatoms. The van der Waals surface area contributed by atoms with E-state index < -0.39 is 17.5 Å². The molecule has 0 radical (unpaired) electrons. The van der Waals surface area contributed by atoms with Gasteiger partial charge in [0.2, 0.25) is 5.76 Å². The quantitative estimate of drug-likeness (QED) is 0.400. The predicted octanol–water partition coefficient (Wildman–Crippen LogP) is 3.18. The van der Waals surface area contributed by atoms with E-state index in [1.54, 1.807) is 6.92 Å². The first-order chi connectivity index (χ1) is 8.45. The van der Waals surface area contributed by atoms with Crippen LogP contribution in [0.2, 0.25) is 10.0 Å². The molecule has 0 saturated heterocycles. The highest BCUT2D eigenvalue weighted by Gasteiger charge is 2.12. The third kappa shape index (κ3) is 3.75. The molecule has 18 heavy (non-hydrogen) atoms. The molecule has 1 aromatic carbocycles. The van der Waals surface area contributed by atoms with Crippen molar-refractivity contribution in [3.63, 3.8) is 0 Å². The summed E-state index contributed by atoms with van der Waals surface area (Å²) in [5, 5.41) is 9.84. The van der Waals surface area contributed by atoms with E-state index in [1.807, 2.05) is 0 Å². The number of allylic oxidation sites excluding steroid dienone is 1. The zero-order chi connectivity index (χ0) is 13.7. The van der Waals surface area contributed by atoms with Crippen LogP contribution in [-0.4, -0.2) is 23.5 Å². The SMILES string of the molecule is CCOC(=O)/C(O)=C\C(=O)c1ccc(Cl)c(Cl)c1. The Hall–Kier alpha value is -1.52. The van der Waals surface area contributed by atoms with Crippen LogP contribution in [0.15, 0.2) is 30.0 Å². The van der Waals surface area contributed by atoms with Crippen LogP contribution in [0.4, 0.5) is 0 Å². The Bertz CT molecular complexity index is 509. The summed E-state index contributed by atoms with van der Waals surface area (Å²) in [4.78, 5) is 22.8. The van der Waals surface area contributed by atoms with E-state index in [1.165, 1.54) is 18.2 Å². The van der Waals surface area contributed by atoms with Gasteiger partial charge < -0.3 is 9.84 Å². The van der Waals surface area contributed by atoms with E-state index in [0.29, 0.717) is 5.02 Å². The topological polar surface area (TPSA) is 63.6 Å². The lowest BCUT2D eigenvalue weighted by atomic mass is 10.1. The number of benzene rings is 1. The van der Waals surface area contributed by atoms with Gasteiger partial charge in [-0.05, 0) is 25.1 Å². The molecule has 0 fully saturated rings. The highest BCUT2D eigenvalue weighted by Crippen LogP contribution is 2.23. The Labute approximate surface area is 114 Å². The van der Waals surface area contributed by atoms with Crippen LogP contribution < -0.4 is 0 Å². The van der Waals surface area contributed by atoms with Crippen molar-refractivity contribution in [1.82, 2.24) is 0 Å². The minimum atomic E-state index is -0.953. The lowest BCUT2D eigenvalue weighted by molar-refractivity contribution is -0.141. The van der Waals surface area contributed by atoms with Gasteiger partial charge in [0.15, 0.2) is 5.78 Å². The average molecular weight is 289 g/mol. The smallest absolute Gasteiger partial charge is 0.373 e. The maximum atomic E-state index is 11.7. The fraction of sp³-hybridized carbons (Fsp3) is 0.167. The molecule has 0 atom stereocenters. The second kappa shape index (κ2) is 6.42. The third-order valence-electron chi connectivity index (χ3n) is 1.96. The molecule has 0 heterocycles. The maximum Gasteiger partial charge on any atom is 0.373 e. The van der Waals surface area contributed by atoms with Crippen molar-refractivity contribution < 1.29 is 19.4 Å². The van der Waals surface area contributed by atoms with Gasteiger partial charge in [-0.25, -0.2) is 4.79 Å². The first kappa shape index (κ1) is 14.5. The summed E-state index contributed by atoms with van der Waals surface area (Å²) in [6.45, 7) is 1.70. The summed E-state index contributed by atoms with van der Waals surface area (Å²) >= 11 is 11.4. The van der Waals surface area contributed by atoms with E-state index in [0.717, 1.165) is 6.08 Å². The number of ether oxygens (including phenoxy) is 1. The second-order valence-corrected chi connectivity index (χ2v) is 4.06. The van der Waals surface area contributed by atoms with Crippen LogP contribution in [0.25, 0.3) is 0 Å². The van der Waals surface area contributed by atoms with Gasteiger partial charge in [-0.1, -0.05) is 23.2 Å². The standard InChI is InChI=1S/C12H10Cl2O4/c1-2-18-12(17)11(16)6-10(15)7-3-4-8(13)9(14)5-7/h3-6,16H,2H2,1H3/b11-6+. The molecular formula is C12H10Cl2O4. The highest BCUT2D eigenvalue weighted by molar-refractivity contribution is 6.42. The number of carbonyl (C=O) groups excluding carboxylic acids is 2. The zero-order valence-corrected chi connectivity index (χ0v) is 11.0. The third-order valence-corrected chi connectivity index (χ3v) is 2.70. The zero-order valence-electron chi connectivity index (χ0n) is 9.44. The molecule has 0 amide bonds. The molecule has 96 valence electrons. The lowest BCUT2D eigenvalue weighted by Gasteiger charge is -2.01. The van der Waals surface area contributed by atoms with Gasteiger partial charge >= 0.3 is 5.97 Å². The van der Waals surface area contributed by atoms with Crippen LogP contribution in [0.3, 0.4) is 0 Å². The fourth-order valence-corrected chi connectivity index (χ4v) is 1.42. The number of rotatable bonds is 4. The summed E-state index contributed by atoms with van der Waals surface area (Å²) in [5.41, 5.74) is 0.209. The number of ketones is 1. The number of hydrogen-bond donors (Lipinski definition) is 1. The van der Waals surface area contributed by atoms with Gasteiger partial charge in [-0.15, -0.1) is 0 Å². The van der Waals surface area contributed by atoms with Crippen molar-refractivity contribution in [3.05, 3.63) is 45.6 Å². The first-order valence-electron chi connectivity index (χ1n) is 5.03. The van der Waals surface area contributed by atoms with E-state index in [2.05, 4.69) is 4.74 Å².